The summed E-state index contributed by atoms with van der Waals surface area (Å²) in [4.78, 5) is 33.3. The van der Waals surface area contributed by atoms with Gasteiger partial charge in [0, 0.05) is 18.7 Å². The highest BCUT2D eigenvalue weighted by molar-refractivity contribution is 5.94. The number of aliphatic hydroxyl groups is 1. The first-order chi connectivity index (χ1) is 16.4. The van der Waals surface area contributed by atoms with Crippen molar-refractivity contribution in [3.05, 3.63) is 35.3 Å². The minimum Gasteiger partial charge on any atom is -0.481 e. The number of methoxy groups -OCH3 is 1. The molecule has 12 nitrogen and oxygen atoms in total. The summed E-state index contributed by atoms with van der Waals surface area (Å²) in [5, 5.41) is 21.9. The van der Waals surface area contributed by atoms with Crippen molar-refractivity contribution in [2.24, 2.45) is 5.41 Å². The van der Waals surface area contributed by atoms with Crippen molar-refractivity contribution in [1.29, 1.82) is 0 Å². The van der Waals surface area contributed by atoms with Gasteiger partial charge >= 0.3 is 5.97 Å². The number of rotatable bonds is 6. The van der Waals surface area contributed by atoms with E-state index in [1.54, 1.807) is 24.0 Å². The van der Waals surface area contributed by atoms with E-state index in [0.29, 0.717) is 67.6 Å². The number of carbonyl (C=O) groups is 2. The molecule has 1 spiro atoms. The molecule has 0 unspecified atom stereocenters. The first kappa shape index (κ1) is 22.4. The first-order valence-corrected chi connectivity index (χ1v) is 11.3. The van der Waals surface area contributed by atoms with Gasteiger partial charge in [0.05, 0.1) is 29.9 Å². The van der Waals surface area contributed by atoms with Gasteiger partial charge in [0.25, 0.3) is 0 Å². The number of nitrogens with zero attached hydrogens (tertiary/aromatic N) is 7. The Bertz CT molecular complexity index is 1120. The topological polar surface area (TPSA) is 136 Å². The third kappa shape index (κ3) is 3.82. The SMILES string of the molecule is COc1nc(-n2cnnn2)ccc1[C@@H](O)CN1CCC2(CC1)CCN(C1=C(C)C(=O)OC1)C2=O. The summed E-state index contributed by atoms with van der Waals surface area (Å²) >= 11 is 0. The fourth-order valence-electron chi connectivity index (χ4n) is 5.05. The van der Waals surface area contributed by atoms with Crippen LogP contribution in [0.5, 0.6) is 5.88 Å². The Morgan fingerprint density at radius 2 is 1.97 bits per heavy atom. The van der Waals surface area contributed by atoms with E-state index < -0.39 is 11.5 Å². The van der Waals surface area contributed by atoms with Crippen LogP contribution in [0, 0.1) is 5.41 Å². The lowest BCUT2D eigenvalue weighted by Gasteiger charge is -2.38. The van der Waals surface area contributed by atoms with Crippen LogP contribution in [0.1, 0.15) is 37.9 Å². The zero-order valence-electron chi connectivity index (χ0n) is 19.2. The third-order valence-electron chi connectivity index (χ3n) is 7.17. The Balaban J connectivity index is 1.22. The second-order valence-electron chi connectivity index (χ2n) is 8.97. The average Bonchev–Trinajstić information content (AvgIpc) is 3.57. The molecule has 1 N–H and O–H groups in total. The van der Waals surface area contributed by atoms with Crippen LogP contribution >= 0.6 is 0 Å². The molecule has 2 fully saturated rings. The van der Waals surface area contributed by atoms with Gasteiger partial charge < -0.3 is 24.4 Å². The number of hydrogen-bond acceptors (Lipinski definition) is 10. The van der Waals surface area contributed by atoms with E-state index in [1.165, 1.54) is 18.1 Å². The third-order valence-corrected chi connectivity index (χ3v) is 7.17. The number of likely N-dealkylation sites (tertiary alicyclic amines) is 2. The summed E-state index contributed by atoms with van der Waals surface area (Å²) in [6.07, 6.45) is 2.82. The minimum absolute atomic E-state index is 0.0874. The van der Waals surface area contributed by atoms with Crippen molar-refractivity contribution in [3.63, 3.8) is 0 Å². The second-order valence-corrected chi connectivity index (χ2v) is 8.97. The monoisotopic (exact) mass is 469 g/mol. The van der Waals surface area contributed by atoms with Gasteiger partial charge in [-0.15, -0.1) is 5.10 Å². The predicted octanol–water partition coefficient (Wildman–Crippen LogP) is 0.245. The van der Waals surface area contributed by atoms with Crippen molar-refractivity contribution in [1.82, 2.24) is 35.0 Å². The molecular weight excluding hydrogens is 442 g/mol. The molecule has 34 heavy (non-hydrogen) atoms. The highest BCUT2D eigenvalue weighted by Gasteiger charge is 2.50. The van der Waals surface area contributed by atoms with Gasteiger partial charge in [-0.25, -0.2) is 4.79 Å². The van der Waals surface area contributed by atoms with E-state index in [4.69, 9.17) is 9.47 Å². The standard InChI is InChI=1S/C22H27N7O5/c1-14-16(12-34-20(14)31)28-10-7-22(21(28)32)5-8-27(9-6-22)11-17(30)15-3-4-18(24-19(15)33-2)29-13-23-25-26-29/h3-4,13,17,30H,5-12H2,1-2H3/t17-/m0/s1. The summed E-state index contributed by atoms with van der Waals surface area (Å²) in [6.45, 7) is 4.30. The van der Waals surface area contributed by atoms with Crippen LogP contribution in [-0.4, -0.2) is 91.9 Å². The fraction of sp³-hybridized carbons (Fsp3) is 0.545. The Morgan fingerprint density at radius 3 is 2.62 bits per heavy atom. The first-order valence-electron chi connectivity index (χ1n) is 11.3. The summed E-state index contributed by atoms with van der Waals surface area (Å²) in [6, 6.07) is 3.49. The van der Waals surface area contributed by atoms with Crippen LogP contribution in [0.2, 0.25) is 0 Å². The fourth-order valence-corrected chi connectivity index (χ4v) is 5.05. The van der Waals surface area contributed by atoms with E-state index in [0.717, 1.165) is 6.42 Å². The lowest BCUT2D eigenvalue weighted by molar-refractivity contribution is -0.138. The minimum atomic E-state index is -0.801. The number of hydrogen-bond donors (Lipinski definition) is 1. The van der Waals surface area contributed by atoms with Crippen molar-refractivity contribution in [2.45, 2.75) is 32.3 Å². The number of aliphatic hydroxyl groups excluding tert-OH is 1. The molecule has 0 aromatic carbocycles. The lowest BCUT2D eigenvalue weighted by Crippen LogP contribution is -2.45. The van der Waals surface area contributed by atoms with Crippen LogP contribution in [0.3, 0.4) is 0 Å². The number of piperidine rings is 1. The summed E-state index contributed by atoms with van der Waals surface area (Å²) < 4.78 is 11.9. The van der Waals surface area contributed by atoms with Gasteiger partial charge in [-0.05, 0) is 61.8 Å². The van der Waals surface area contributed by atoms with Gasteiger partial charge in [-0.2, -0.15) is 9.67 Å². The van der Waals surface area contributed by atoms with Crippen molar-refractivity contribution >= 4 is 11.9 Å². The molecule has 1 amide bonds. The Morgan fingerprint density at radius 1 is 1.21 bits per heavy atom. The second kappa shape index (κ2) is 8.76. The largest absolute Gasteiger partial charge is 0.481 e. The molecule has 0 radical (unpaired) electrons. The van der Waals surface area contributed by atoms with Crippen LogP contribution < -0.4 is 4.74 Å². The summed E-state index contributed by atoms with van der Waals surface area (Å²) in [5.41, 5.74) is 1.40. The molecule has 2 saturated heterocycles. The highest BCUT2D eigenvalue weighted by Crippen LogP contribution is 2.44. The maximum atomic E-state index is 13.3. The van der Waals surface area contributed by atoms with Gasteiger partial charge in [-0.3, -0.25) is 4.79 Å². The molecule has 1 atom stereocenters. The van der Waals surface area contributed by atoms with E-state index in [9.17, 15) is 14.7 Å². The number of ether oxygens (including phenoxy) is 2. The zero-order valence-corrected chi connectivity index (χ0v) is 19.2. The van der Waals surface area contributed by atoms with Gasteiger partial charge in [0.15, 0.2) is 5.82 Å². The number of esters is 1. The molecule has 2 aromatic rings. The maximum Gasteiger partial charge on any atom is 0.336 e. The van der Waals surface area contributed by atoms with Gasteiger partial charge in [-0.1, -0.05) is 0 Å². The van der Waals surface area contributed by atoms with Crippen molar-refractivity contribution < 1.29 is 24.2 Å². The van der Waals surface area contributed by atoms with Crippen LogP contribution in [0.4, 0.5) is 0 Å². The smallest absolute Gasteiger partial charge is 0.336 e. The molecule has 180 valence electrons. The Kier molecular flexibility index (Phi) is 5.78. The number of tetrazole rings is 1. The zero-order chi connectivity index (χ0) is 23.9. The molecule has 0 saturated carbocycles. The number of amides is 1. The van der Waals surface area contributed by atoms with Crippen molar-refractivity contribution in [3.8, 4) is 11.7 Å². The van der Waals surface area contributed by atoms with Crippen molar-refractivity contribution in [2.75, 3.05) is 39.9 Å². The quantitative estimate of drug-likeness (QED) is 0.586. The predicted molar refractivity (Wildman–Crippen MR) is 117 cm³/mol. The molecular formula is C22H27N7O5. The van der Waals surface area contributed by atoms with E-state index in [2.05, 4.69) is 25.4 Å². The van der Waals surface area contributed by atoms with E-state index in [1.807, 2.05) is 0 Å². The molecule has 3 aliphatic rings. The summed E-state index contributed by atoms with van der Waals surface area (Å²) in [5.74, 6) is 0.544. The van der Waals surface area contributed by atoms with E-state index in [-0.39, 0.29) is 18.5 Å². The van der Waals surface area contributed by atoms with Crippen LogP contribution in [-0.2, 0) is 14.3 Å². The number of aromatic nitrogens is 5. The number of β-amino-alcohol motifs (C(OH)–C–C–N with tert-alkyl or cyclic N) is 1. The molecule has 0 aliphatic carbocycles. The van der Waals surface area contributed by atoms with Crippen LogP contribution in [0.25, 0.3) is 5.82 Å². The molecule has 12 heteroatoms. The number of pyridine rings is 1. The lowest BCUT2D eigenvalue weighted by atomic mass is 9.77. The molecule has 5 heterocycles. The van der Waals surface area contributed by atoms with E-state index >= 15 is 0 Å². The van der Waals surface area contributed by atoms with Crippen LogP contribution in [0.15, 0.2) is 29.7 Å². The molecule has 2 aromatic heterocycles. The Labute approximate surface area is 196 Å². The molecule has 5 rings (SSSR count). The van der Waals surface area contributed by atoms with Gasteiger partial charge in [0.2, 0.25) is 11.8 Å². The normalized spacial score (nSPS) is 21.4. The average molecular weight is 470 g/mol. The highest BCUT2D eigenvalue weighted by atomic mass is 16.5. The number of carbonyl (C=O) groups excluding carboxylic acids is 2. The molecule has 0 bridgehead atoms. The number of cyclic esters (lactones) is 1. The maximum absolute atomic E-state index is 13.3. The Hall–Kier alpha value is -3.38. The summed E-state index contributed by atoms with van der Waals surface area (Å²) in [7, 11) is 1.50. The molecule has 3 aliphatic heterocycles. The van der Waals surface area contributed by atoms with Gasteiger partial charge in [0.1, 0.15) is 12.9 Å².